The second-order valence-corrected chi connectivity index (χ2v) is 9.72. The Morgan fingerprint density at radius 1 is 1.00 bits per heavy atom. The van der Waals surface area contributed by atoms with Crippen molar-refractivity contribution >= 4 is 34.7 Å². The maximum Gasteiger partial charge on any atom is 0.303 e. The fourth-order valence-corrected chi connectivity index (χ4v) is 5.66. The second kappa shape index (κ2) is 11.3. The lowest BCUT2D eigenvalue weighted by Crippen LogP contribution is -2.45. The standard InChI is InChI=1S/C30H30N2O8/c1-37-24-15-18(16-25(38-2)30(24)39-3)29-28-20(13-17(14-22(28)33)23-9-6-12-40-23)31-19-7-4-5-8-21(19)32(29)26(34)10-11-27(35)36/h4-9,12,15-17,28-29H,10-11,13-14H2,1-3H3,(H,35,36). The minimum atomic E-state index is -1.09. The molecule has 2 heterocycles. The summed E-state index contributed by atoms with van der Waals surface area (Å²) in [6.45, 7) is 0. The van der Waals surface area contributed by atoms with E-state index < -0.39 is 23.8 Å². The zero-order valence-electron chi connectivity index (χ0n) is 22.5. The van der Waals surface area contributed by atoms with Crippen molar-refractivity contribution in [3.8, 4) is 17.2 Å². The predicted molar refractivity (Wildman–Crippen MR) is 146 cm³/mol. The van der Waals surface area contributed by atoms with Gasteiger partial charge < -0.3 is 28.6 Å². The Hall–Kier alpha value is -4.60. The third-order valence-electron chi connectivity index (χ3n) is 7.40. The van der Waals surface area contributed by atoms with Gasteiger partial charge in [0.05, 0.1) is 57.3 Å². The first-order valence-electron chi connectivity index (χ1n) is 12.9. The van der Waals surface area contributed by atoms with Gasteiger partial charge in [0, 0.05) is 24.5 Å². The van der Waals surface area contributed by atoms with Crippen LogP contribution in [-0.4, -0.2) is 49.8 Å². The molecule has 10 nitrogen and oxygen atoms in total. The highest BCUT2D eigenvalue weighted by atomic mass is 16.5. The van der Waals surface area contributed by atoms with E-state index in [9.17, 15) is 19.5 Å². The number of fused-ring (bicyclic) bond motifs is 2. The molecule has 1 aromatic heterocycles. The van der Waals surface area contributed by atoms with E-state index in [4.69, 9.17) is 23.6 Å². The predicted octanol–water partition coefficient (Wildman–Crippen LogP) is 5.09. The van der Waals surface area contributed by atoms with Crippen LogP contribution >= 0.6 is 0 Å². The molecule has 3 unspecified atom stereocenters. The van der Waals surface area contributed by atoms with Gasteiger partial charge in [-0.25, -0.2) is 0 Å². The number of ketones is 1. The maximum atomic E-state index is 14.0. The molecule has 1 saturated carbocycles. The molecular weight excluding hydrogens is 516 g/mol. The number of aliphatic carboxylic acids is 1. The molecular formula is C30H30N2O8. The Kier molecular flexibility index (Phi) is 7.59. The number of Topliss-reactive ketones (excluding diaryl/α,β-unsaturated/α-hetero) is 1. The van der Waals surface area contributed by atoms with Crippen LogP contribution in [0.15, 0.2) is 64.2 Å². The molecule has 5 rings (SSSR count). The van der Waals surface area contributed by atoms with Crippen LogP contribution in [-0.2, 0) is 14.4 Å². The smallest absolute Gasteiger partial charge is 0.303 e. The first kappa shape index (κ1) is 27.0. The van der Waals surface area contributed by atoms with E-state index in [-0.39, 0.29) is 31.0 Å². The Morgan fingerprint density at radius 3 is 2.35 bits per heavy atom. The number of rotatable bonds is 8. The second-order valence-electron chi connectivity index (χ2n) is 9.72. The van der Waals surface area contributed by atoms with Gasteiger partial charge in [0.25, 0.3) is 0 Å². The zero-order valence-corrected chi connectivity index (χ0v) is 22.5. The first-order chi connectivity index (χ1) is 19.4. The van der Waals surface area contributed by atoms with Crippen LogP contribution in [0.5, 0.6) is 17.2 Å². The zero-order chi connectivity index (χ0) is 28.4. The molecule has 0 spiro atoms. The molecule has 10 heteroatoms. The van der Waals surface area contributed by atoms with E-state index in [2.05, 4.69) is 0 Å². The number of hydrogen-bond acceptors (Lipinski definition) is 8. The third kappa shape index (κ3) is 4.92. The van der Waals surface area contributed by atoms with E-state index in [0.29, 0.717) is 52.1 Å². The Morgan fingerprint density at radius 2 is 1.73 bits per heavy atom. The molecule has 2 aliphatic rings. The number of carboxylic acid groups (broad SMARTS) is 1. The maximum absolute atomic E-state index is 14.0. The fraction of sp³-hybridized carbons (Fsp3) is 0.333. The fourth-order valence-electron chi connectivity index (χ4n) is 5.66. The molecule has 1 aliphatic heterocycles. The van der Waals surface area contributed by atoms with Crippen molar-refractivity contribution in [2.24, 2.45) is 10.9 Å². The average molecular weight is 547 g/mol. The minimum Gasteiger partial charge on any atom is -0.493 e. The number of anilines is 1. The first-order valence-corrected chi connectivity index (χ1v) is 12.9. The van der Waals surface area contributed by atoms with Gasteiger partial charge in [0.2, 0.25) is 11.7 Å². The minimum absolute atomic E-state index is 0.103. The SMILES string of the molecule is COc1cc(C2C3C(=O)CC(c4ccco4)CC3=Nc3ccccc3N2C(=O)CCC(=O)O)cc(OC)c1OC. The monoisotopic (exact) mass is 546 g/mol. The number of hydrogen-bond donors (Lipinski definition) is 1. The largest absolute Gasteiger partial charge is 0.493 e. The van der Waals surface area contributed by atoms with Crippen molar-refractivity contribution in [1.82, 2.24) is 0 Å². The van der Waals surface area contributed by atoms with Gasteiger partial charge in [-0.05, 0) is 48.4 Å². The molecule has 1 fully saturated rings. The lowest BCUT2D eigenvalue weighted by atomic mass is 9.73. The van der Waals surface area contributed by atoms with Gasteiger partial charge in [-0.2, -0.15) is 0 Å². The Balaban J connectivity index is 1.73. The van der Waals surface area contributed by atoms with E-state index in [1.54, 1.807) is 42.7 Å². The topological polar surface area (TPSA) is 128 Å². The van der Waals surface area contributed by atoms with Gasteiger partial charge in [-0.15, -0.1) is 0 Å². The number of carbonyl (C=O) groups is 3. The van der Waals surface area contributed by atoms with Gasteiger partial charge >= 0.3 is 5.97 Å². The quantitative estimate of drug-likeness (QED) is 0.414. The van der Waals surface area contributed by atoms with E-state index >= 15 is 0 Å². The summed E-state index contributed by atoms with van der Waals surface area (Å²) in [6, 6.07) is 13.4. The number of para-hydroxylation sites is 2. The number of carboxylic acids is 1. The third-order valence-corrected chi connectivity index (χ3v) is 7.40. The number of ether oxygens (including phenoxy) is 3. The number of methoxy groups -OCH3 is 3. The van der Waals surface area contributed by atoms with Crippen LogP contribution in [0.4, 0.5) is 11.4 Å². The molecule has 0 radical (unpaired) electrons. The van der Waals surface area contributed by atoms with Crippen LogP contribution in [0.2, 0.25) is 0 Å². The molecule has 1 amide bonds. The molecule has 40 heavy (non-hydrogen) atoms. The number of furan rings is 1. The summed E-state index contributed by atoms with van der Waals surface area (Å²) in [5, 5.41) is 9.33. The lowest BCUT2D eigenvalue weighted by Gasteiger charge is -2.38. The highest BCUT2D eigenvalue weighted by molar-refractivity contribution is 6.13. The Bertz CT molecular complexity index is 1440. The molecule has 1 aliphatic carbocycles. The van der Waals surface area contributed by atoms with Crippen LogP contribution in [0.25, 0.3) is 0 Å². The molecule has 0 saturated heterocycles. The molecule has 2 aromatic carbocycles. The van der Waals surface area contributed by atoms with Crippen LogP contribution in [0.3, 0.4) is 0 Å². The Labute approximate surface area is 231 Å². The number of aliphatic imine (C=N–C) groups is 1. The van der Waals surface area contributed by atoms with Crippen molar-refractivity contribution in [2.75, 3.05) is 26.2 Å². The van der Waals surface area contributed by atoms with Crippen molar-refractivity contribution in [3.63, 3.8) is 0 Å². The van der Waals surface area contributed by atoms with Gasteiger partial charge in [-0.1, -0.05) is 12.1 Å². The molecule has 3 atom stereocenters. The normalized spacial score (nSPS) is 20.1. The number of amides is 1. The molecule has 208 valence electrons. The van der Waals surface area contributed by atoms with E-state index in [0.717, 1.165) is 0 Å². The highest BCUT2D eigenvalue weighted by Crippen LogP contribution is 2.50. The number of carbonyl (C=O) groups excluding carboxylic acids is 2. The van der Waals surface area contributed by atoms with Crippen LogP contribution in [0, 0.1) is 5.92 Å². The summed E-state index contributed by atoms with van der Waals surface area (Å²) in [4.78, 5) is 45.8. The van der Waals surface area contributed by atoms with E-state index in [1.807, 2.05) is 12.1 Å². The van der Waals surface area contributed by atoms with Crippen LogP contribution in [0.1, 0.15) is 49.0 Å². The van der Waals surface area contributed by atoms with Crippen LogP contribution < -0.4 is 19.1 Å². The van der Waals surface area contributed by atoms with E-state index in [1.165, 1.54) is 26.2 Å². The molecule has 0 bridgehead atoms. The number of benzene rings is 2. The van der Waals surface area contributed by atoms with Gasteiger partial charge in [0.15, 0.2) is 11.5 Å². The molecule has 1 N–H and O–H groups in total. The number of nitrogens with zero attached hydrogens (tertiary/aromatic N) is 2. The summed E-state index contributed by atoms with van der Waals surface area (Å²) in [5.74, 6) is -0.827. The van der Waals surface area contributed by atoms with Crippen molar-refractivity contribution in [1.29, 1.82) is 0 Å². The summed E-state index contributed by atoms with van der Waals surface area (Å²) < 4.78 is 22.3. The highest BCUT2D eigenvalue weighted by Gasteiger charge is 2.47. The van der Waals surface area contributed by atoms with Crippen molar-refractivity contribution in [2.45, 2.75) is 37.6 Å². The summed E-state index contributed by atoms with van der Waals surface area (Å²) in [5.41, 5.74) is 2.20. The summed E-state index contributed by atoms with van der Waals surface area (Å²) in [7, 11) is 4.48. The lowest BCUT2D eigenvalue weighted by molar-refractivity contribution is -0.138. The average Bonchev–Trinajstić information content (AvgIpc) is 3.45. The molecule has 3 aromatic rings. The van der Waals surface area contributed by atoms with Crippen molar-refractivity contribution < 1.29 is 38.1 Å². The van der Waals surface area contributed by atoms with Gasteiger partial charge in [-0.3, -0.25) is 19.4 Å². The van der Waals surface area contributed by atoms with Gasteiger partial charge in [0.1, 0.15) is 11.5 Å². The van der Waals surface area contributed by atoms with Crippen molar-refractivity contribution in [3.05, 3.63) is 66.1 Å². The summed E-state index contributed by atoms with van der Waals surface area (Å²) in [6.07, 6.45) is 1.63. The summed E-state index contributed by atoms with van der Waals surface area (Å²) >= 11 is 0.